The van der Waals surface area contributed by atoms with Crippen molar-refractivity contribution in [1.82, 2.24) is 5.43 Å². The van der Waals surface area contributed by atoms with Gasteiger partial charge in [-0.3, -0.25) is 14.9 Å². The number of hydrogen-bond donors (Lipinski definition) is 1. The average Bonchev–Trinajstić information content (AvgIpc) is 2.25. The Morgan fingerprint density at radius 3 is 2.53 bits per heavy atom. The molecule has 0 atom stereocenters. The van der Waals surface area contributed by atoms with Crippen LogP contribution >= 0.6 is 0 Å². The van der Waals surface area contributed by atoms with Gasteiger partial charge in [0, 0.05) is 22.9 Å². The summed E-state index contributed by atoms with van der Waals surface area (Å²) in [6.45, 7) is 5.09. The molecule has 1 aromatic carbocycles. The van der Waals surface area contributed by atoms with Crippen LogP contribution in [0.3, 0.4) is 0 Å². The molecule has 0 saturated carbocycles. The number of nitrogens with zero attached hydrogens (tertiary/aromatic N) is 2. The summed E-state index contributed by atoms with van der Waals surface area (Å²) in [7, 11) is 0. The Morgan fingerprint density at radius 2 is 2.06 bits per heavy atom. The van der Waals surface area contributed by atoms with Gasteiger partial charge in [-0.2, -0.15) is 5.10 Å². The van der Waals surface area contributed by atoms with Crippen molar-refractivity contribution in [2.45, 2.75) is 20.8 Å². The zero-order valence-electron chi connectivity index (χ0n) is 9.85. The maximum absolute atomic E-state index is 11.6. The van der Waals surface area contributed by atoms with Crippen molar-refractivity contribution in [3.05, 3.63) is 39.4 Å². The van der Waals surface area contributed by atoms with Gasteiger partial charge in [-0.15, -0.1) is 0 Å². The van der Waals surface area contributed by atoms with E-state index in [4.69, 9.17) is 0 Å². The third-order valence-electron chi connectivity index (χ3n) is 2.04. The molecule has 0 aliphatic carbocycles. The lowest BCUT2D eigenvalue weighted by Crippen LogP contribution is -2.18. The van der Waals surface area contributed by atoms with E-state index >= 15 is 0 Å². The van der Waals surface area contributed by atoms with Gasteiger partial charge in [-0.05, 0) is 32.9 Å². The van der Waals surface area contributed by atoms with E-state index in [0.29, 0.717) is 11.1 Å². The van der Waals surface area contributed by atoms with E-state index in [1.54, 1.807) is 20.8 Å². The smallest absolute Gasteiger partial charge is 0.267 e. The molecule has 6 nitrogen and oxygen atoms in total. The molecule has 1 amide bonds. The van der Waals surface area contributed by atoms with Gasteiger partial charge in [0.15, 0.2) is 0 Å². The number of carbonyl (C=O) groups excluding carboxylic acids is 1. The van der Waals surface area contributed by atoms with Gasteiger partial charge in [-0.25, -0.2) is 5.43 Å². The predicted molar refractivity (Wildman–Crippen MR) is 64.1 cm³/mol. The number of hydrazone groups is 1. The zero-order chi connectivity index (χ0) is 13.0. The minimum Gasteiger partial charge on any atom is -0.267 e. The van der Waals surface area contributed by atoms with Gasteiger partial charge in [-0.1, -0.05) is 0 Å². The maximum Gasteiger partial charge on any atom is 0.272 e. The van der Waals surface area contributed by atoms with Crippen molar-refractivity contribution in [2.75, 3.05) is 0 Å². The summed E-state index contributed by atoms with van der Waals surface area (Å²) in [5.41, 5.74) is 3.86. The molecule has 0 spiro atoms. The summed E-state index contributed by atoms with van der Waals surface area (Å²) in [5, 5.41) is 14.4. The number of hydrogen-bond acceptors (Lipinski definition) is 4. The second-order valence-corrected chi connectivity index (χ2v) is 3.76. The summed E-state index contributed by atoms with van der Waals surface area (Å²) < 4.78 is 0. The number of carbonyl (C=O) groups is 1. The monoisotopic (exact) mass is 235 g/mol. The molecule has 6 heteroatoms. The maximum atomic E-state index is 11.6. The van der Waals surface area contributed by atoms with Gasteiger partial charge in [0.1, 0.15) is 0 Å². The van der Waals surface area contributed by atoms with Crippen molar-refractivity contribution in [3.63, 3.8) is 0 Å². The molecule has 90 valence electrons. The zero-order valence-corrected chi connectivity index (χ0v) is 9.85. The highest BCUT2D eigenvalue weighted by Crippen LogP contribution is 2.18. The van der Waals surface area contributed by atoms with E-state index in [1.807, 2.05) is 0 Å². The second-order valence-electron chi connectivity index (χ2n) is 3.76. The van der Waals surface area contributed by atoms with Gasteiger partial charge in [0.05, 0.1) is 4.92 Å². The lowest BCUT2D eigenvalue weighted by molar-refractivity contribution is -0.385. The van der Waals surface area contributed by atoms with E-state index in [0.717, 1.165) is 5.71 Å². The van der Waals surface area contributed by atoms with Crippen LogP contribution in [0.1, 0.15) is 29.8 Å². The van der Waals surface area contributed by atoms with E-state index in [1.165, 1.54) is 18.2 Å². The van der Waals surface area contributed by atoms with Crippen LogP contribution in [0.25, 0.3) is 0 Å². The third kappa shape index (κ3) is 3.37. The first-order valence-corrected chi connectivity index (χ1v) is 4.98. The Balaban J connectivity index is 2.94. The van der Waals surface area contributed by atoms with Crippen LogP contribution in [-0.4, -0.2) is 16.5 Å². The molecule has 0 fully saturated rings. The summed E-state index contributed by atoms with van der Waals surface area (Å²) >= 11 is 0. The van der Waals surface area contributed by atoms with Crippen LogP contribution in [0.5, 0.6) is 0 Å². The number of nitro benzene ring substituents is 1. The Hall–Kier alpha value is -2.24. The lowest BCUT2D eigenvalue weighted by atomic mass is 10.1. The molecule has 1 aromatic rings. The number of aryl methyl sites for hydroxylation is 1. The Labute approximate surface area is 98.5 Å². The average molecular weight is 235 g/mol. The Kier molecular flexibility index (Phi) is 3.92. The van der Waals surface area contributed by atoms with E-state index in [-0.39, 0.29) is 11.6 Å². The van der Waals surface area contributed by atoms with Gasteiger partial charge < -0.3 is 0 Å². The number of nitro groups is 1. The molecule has 0 aromatic heterocycles. The highest BCUT2D eigenvalue weighted by molar-refractivity contribution is 5.95. The Bertz CT molecular complexity index is 491. The highest BCUT2D eigenvalue weighted by atomic mass is 16.6. The molecule has 0 radical (unpaired) electrons. The molecule has 0 heterocycles. The van der Waals surface area contributed by atoms with Gasteiger partial charge >= 0.3 is 0 Å². The van der Waals surface area contributed by atoms with Crippen molar-refractivity contribution < 1.29 is 9.72 Å². The first-order valence-electron chi connectivity index (χ1n) is 4.98. The summed E-state index contributed by atoms with van der Waals surface area (Å²) in [5.74, 6) is -0.385. The quantitative estimate of drug-likeness (QED) is 0.494. The molecular weight excluding hydrogens is 222 g/mol. The van der Waals surface area contributed by atoms with E-state index in [9.17, 15) is 14.9 Å². The van der Waals surface area contributed by atoms with Crippen LogP contribution in [0.15, 0.2) is 23.3 Å². The van der Waals surface area contributed by atoms with Crippen LogP contribution in [0.4, 0.5) is 5.69 Å². The lowest BCUT2D eigenvalue weighted by Gasteiger charge is -2.02. The SMILES string of the molecule is CC(C)=NNC(=O)c1ccc([N+](=O)[O-])c(C)c1. The summed E-state index contributed by atoms with van der Waals surface area (Å²) in [4.78, 5) is 21.7. The fourth-order valence-corrected chi connectivity index (χ4v) is 1.23. The number of amides is 1. The third-order valence-corrected chi connectivity index (χ3v) is 2.04. The van der Waals surface area contributed by atoms with Crippen molar-refractivity contribution >= 4 is 17.3 Å². The standard InChI is InChI=1S/C11H13N3O3/c1-7(2)12-13-11(15)9-4-5-10(14(16)17)8(3)6-9/h4-6H,1-3H3,(H,13,15). The Morgan fingerprint density at radius 1 is 1.41 bits per heavy atom. The number of nitrogens with one attached hydrogen (secondary N) is 1. The van der Waals surface area contributed by atoms with Crippen molar-refractivity contribution in [3.8, 4) is 0 Å². The molecular formula is C11H13N3O3. The molecule has 0 aliphatic heterocycles. The van der Waals surface area contributed by atoms with Crippen molar-refractivity contribution in [1.29, 1.82) is 0 Å². The fraction of sp³-hybridized carbons (Fsp3) is 0.273. The number of benzene rings is 1. The highest BCUT2D eigenvalue weighted by Gasteiger charge is 2.13. The minimum atomic E-state index is -0.481. The molecule has 0 unspecified atom stereocenters. The second kappa shape index (κ2) is 5.20. The van der Waals surface area contributed by atoms with Gasteiger partial charge in [0.25, 0.3) is 11.6 Å². The molecule has 1 rings (SSSR count). The molecule has 0 aliphatic rings. The molecule has 0 saturated heterocycles. The van der Waals surface area contributed by atoms with Crippen LogP contribution in [0, 0.1) is 17.0 Å². The summed E-state index contributed by atoms with van der Waals surface area (Å²) in [6, 6.07) is 4.18. The normalized spacial score (nSPS) is 9.59. The van der Waals surface area contributed by atoms with Crippen LogP contribution in [-0.2, 0) is 0 Å². The molecule has 0 bridgehead atoms. The van der Waals surface area contributed by atoms with Crippen LogP contribution in [0.2, 0.25) is 0 Å². The first-order chi connectivity index (χ1) is 7.91. The number of rotatable bonds is 3. The molecule has 1 N–H and O–H groups in total. The minimum absolute atomic E-state index is 0.00303. The van der Waals surface area contributed by atoms with E-state index < -0.39 is 4.92 Å². The summed E-state index contributed by atoms with van der Waals surface area (Å²) in [6.07, 6.45) is 0. The van der Waals surface area contributed by atoms with E-state index in [2.05, 4.69) is 10.5 Å². The van der Waals surface area contributed by atoms with Crippen molar-refractivity contribution in [2.24, 2.45) is 5.10 Å². The fourth-order valence-electron chi connectivity index (χ4n) is 1.23. The first kappa shape index (κ1) is 12.8. The topological polar surface area (TPSA) is 84.6 Å². The van der Waals surface area contributed by atoms with Crippen LogP contribution < -0.4 is 5.43 Å². The largest absolute Gasteiger partial charge is 0.272 e. The predicted octanol–water partition coefficient (Wildman–Crippen LogP) is 2.03. The molecule has 17 heavy (non-hydrogen) atoms. The van der Waals surface area contributed by atoms with Gasteiger partial charge in [0.2, 0.25) is 0 Å².